The van der Waals surface area contributed by atoms with Crippen molar-refractivity contribution in [2.75, 3.05) is 26.4 Å². The molecular weight excluding hydrogens is 228 g/mol. The highest BCUT2D eigenvalue weighted by Crippen LogP contribution is 2.31. The number of benzene rings is 1. The van der Waals surface area contributed by atoms with Gasteiger partial charge in [-0.1, -0.05) is 6.07 Å². The molecule has 0 aliphatic rings. The SMILES string of the molecule is O=C(O)c1cccc(OCCO)c1OCCO. The van der Waals surface area contributed by atoms with Crippen LogP contribution in [0.2, 0.25) is 0 Å². The van der Waals surface area contributed by atoms with Crippen LogP contribution in [0.5, 0.6) is 11.5 Å². The Bertz CT molecular complexity index is 376. The Kier molecular flexibility index (Phi) is 5.25. The van der Waals surface area contributed by atoms with Crippen LogP contribution in [-0.4, -0.2) is 47.7 Å². The van der Waals surface area contributed by atoms with Gasteiger partial charge in [-0.3, -0.25) is 0 Å². The molecule has 6 nitrogen and oxygen atoms in total. The zero-order chi connectivity index (χ0) is 12.7. The van der Waals surface area contributed by atoms with Crippen molar-refractivity contribution in [2.24, 2.45) is 0 Å². The van der Waals surface area contributed by atoms with Crippen LogP contribution in [0.1, 0.15) is 10.4 Å². The lowest BCUT2D eigenvalue weighted by atomic mass is 10.2. The number of carbonyl (C=O) groups is 1. The number of hydrogen-bond acceptors (Lipinski definition) is 5. The average Bonchev–Trinajstić information content (AvgIpc) is 2.33. The van der Waals surface area contributed by atoms with Gasteiger partial charge in [0, 0.05) is 0 Å². The van der Waals surface area contributed by atoms with E-state index in [0.717, 1.165) is 0 Å². The summed E-state index contributed by atoms with van der Waals surface area (Å²) in [6.45, 7) is -0.400. The highest BCUT2D eigenvalue weighted by atomic mass is 16.5. The Morgan fingerprint density at radius 1 is 1.12 bits per heavy atom. The second-order valence-corrected chi connectivity index (χ2v) is 3.08. The molecule has 0 atom stereocenters. The van der Waals surface area contributed by atoms with Crippen LogP contribution in [0, 0.1) is 0 Å². The minimum Gasteiger partial charge on any atom is -0.487 e. The van der Waals surface area contributed by atoms with Crippen LogP contribution in [0.3, 0.4) is 0 Å². The first-order valence-electron chi connectivity index (χ1n) is 5.04. The predicted molar refractivity (Wildman–Crippen MR) is 58.6 cm³/mol. The molecule has 0 unspecified atom stereocenters. The van der Waals surface area contributed by atoms with E-state index >= 15 is 0 Å². The van der Waals surface area contributed by atoms with Crippen molar-refractivity contribution < 1.29 is 29.6 Å². The topological polar surface area (TPSA) is 96.2 Å². The molecule has 1 aromatic carbocycles. The van der Waals surface area contributed by atoms with Gasteiger partial charge >= 0.3 is 5.97 Å². The van der Waals surface area contributed by atoms with Gasteiger partial charge in [0.05, 0.1) is 13.2 Å². The Hall–Kier alpha value is -1.79. The van der Waals surface area contributed by atoms with E-state index in [1.165, 1.54) is 18.2 Å². The summed E-state index contributed by atoms with van der Waals surface area (Å²) < 4.78 is 10.3. The quantitative estimate of drug-likeness (QED) is 0.628. The first-order valence-corrected chi connectivity index (χ1v) is 5.04. The van der Waals surface area contributed by atoms with E-state index in [4.69, 9.17) is 24.8 Å². The van der Waals surface area contributed by atoms with Crippen LogP contribution >= 0.6 is 0 Å². The predicted octanol–water partition coefficient (Wildman–Crippen LogP) is 0.127. The maximum absolute atomic E-state index is 11.0. The third-order valence-electron chi connectivity index (χ3n) is 1.90. The number of carboxylic acid groups (broad SMARTS) is 1. The normalized spacial score (nSPS) is 10.0. The number of hydrogen-bond donors (Lipinski definition) is 3. The van der Waals surface area contributed by atoms with Gasteiger partial charge in [-0.2, -0.15) is 0 Å². The largest absolute Gasteiger partial charge is 0.487 e. The average molecular weight is 242 g/mol. The van der Waals surface area contributed by atoms with E-state index < -0.39 is 5.97 Å². The third-order valence-corrected chi connectivity index (χ3v) is 1.90. The van der Waals surface area contributed by atoms with Crippen LogP contribution in [0.4, 0.5) is 0 Å². The number of aliphatic hydroxyl groups excluding tert-OH is 2. The van der Waals surface area contributed by atoms with E-state index in [1.54, 1.807) is 0 Å². The van der Waals surface area contributed by atoms with Crippen molar-refractivity contribution >= 4 is 5.97 Å². The van der Waals surface area contributed by atoms with Crippen LogP contribution < -0.4 is 9.47 Å². The minimum absolute atomic E-state index is 0.0280. The van der Waals surface area contributed by atoms with Crippen molar-refractivity contribution in [3.63, 3.8) is 0 Å². The maximum atomic E-state index is 11.0. The van der Waals surface area contributed by atoms with Crippen molar-refractivity contribution in [3.8, 4) is 11.5 Å². The standard InChI is InChI=1S/C11H14O6/c12-4-6-16-9-3-1-2-8(11(14)15)10(9)17-7-5-13/h1-3,12-13H,4-7H2,(H,14,15). The van der Waals surface area contributed by atoms with Crippen molar-refractivity contribution in [3.05, 3.63) is 23.8 Å². The first kappa shape index (κ1) is 13.3. The van der Waals surface area contributed by atoms with Gasteiger partial charge in [0.15, 0.2) is 11.5 Å². The van der Waals surface area contributed by atoms with Crippen molar-refractivity contribution in [2.45, 2.75) is 0 Å². The van der Waals surface area contributed by atoms with E-state index in [2.05, 4.69) is 0 Å². The fourth-order valence-electron chi connectivity index (χ4n) is 1.25. The van der Waals surface area contributed by atoms with Gasteiger partial charge in [-0.05, 0) is 12.1 Å². The van der Waals surface area contributed by atoms with Gasteiger partial charge in [0.25, 0.3) is 0 Å². The summed E-state index contributed by atoms with van der Waals surface area (Å²) in [5, 5.41) is 26.3. The molecule has 0 aliphatic carbocycles. The van der Waals surface area contributed by atoms with Crippen molar-refractivity contribution in [1.29, 1.82) is 0 Å². The molecule has 0 radical (unpaired) electrons. The van der Waals surface area contributed by atoms with Crippen LogP contribution in [0.15, 0.2) is 18.2 Å². The minimum atomic E-state index is -1.15. The highest BCUT2D eigenvalue weighted by molar-refractivity contribution is 5.92. The molecule has 1 aromatic rings. The summed E-state index contributed by atoms with van der Waals surface area (Å²) in [5.41, 5.74) is -0.0473. The molecule has 0 saturated heterocycles. The monoisotopic (exact) mass is 242 g/mol. The Morgan fingerprint density at radius 3 is 2.35 bits per heavy atom. The van der Waals surface area contributed by atoms with E-state index in [1.807, 2.05) is 0 Å². The molecule has 94 valence electrons. The maximum Gasteiger partial charge on any atom is 0.339 e. The summed E-state index contributed by atoms with van der Waals surface area (Å²) in [6, 6.07) is 4.43. The zero-order valence-corrected chi connectivity index (χ0v) is 9.13. The molecule has 0 spiro atoms. The molecule has 0 fully saturated rings. The van der Waals surface area contributed by atoms with Gasteiger partial charge < -0.3 is 24.8 Å². The second kappa shape index (κ2) is 6.72. The van der Waals surface area contributed by atoms with Crippen LogP contribution in [0.25, 0.3) is 0 Å². The molecule has 0 amide bonds. The van der Waals surface area contributed by atoms with Crippen LogP contribution in [-0.2, 0) is 0 Å². The molecule has 0 saturated carbocycles. The number of ether oxygens (including phenoxy) is 2. The van der Waals surface area contributed by atoms with E-state index in [9.17, 15) is 4.79 Å². The highest BCUT2D eigenvalue weighted by Gasteiger charge is 2.16. The molecule has 6 heteroatoms. The lowest BCUT2D eigenvalue weighted by Gasteiger charge is -2.13. The molecule has 0 bridgehead atoms. The molecular formula is C11H14O6. The molecule has 3 N–H and O–H groups in total. The molecule has 1 rings (SSSR count). The Morgan fingerprint density at radius 2 is 1.76 bits per heavy atom. The van der Waals surface area contributed by atoms with Gasteiger partial charge in [-0.15, -0.1) is 0 Å². The summed E-state index contributed by atoms with van der Waals surface area (Å²) in [7, 11) is 0. The Balaban J connectivity index is 3.00. The molecule has 0 heterocycles. The van der Waals surface area contributed by atoms with Gasteiger partial charge in [0.2, 0.25) is 0 Å². The fraction of sp³-hybridized carbons (Fsp3) is 0.364. The van der Waals surface area contributed by atoms with E-state index in [0.29, 0.717) is 0 Å². The molecule has 17 heavy (non-hydrogen) atoms. The van der Waals surface area contributed by atoms with E-state index in [-0.39, 0.29) is 43.5 Å². The molecule has 0 aliphatic heterocycles. The number of para-hydroxylation sites is 1. The zero-order valence-electron chi connectivity index (χ0n) is 9.13. The molecule has 0 aromatic heterocycles. The smallest absolute Gasteiger partial charge is 0.339 e. The summed E-state index contributed by atoms with van der Waals surface area (Å²) >= 11 is 0. The Labute approximate surface area is 98.0 Å². The number of carboxylic acids is 1. The van der Waals surface area contributed by atoms with Crippen molar-refractivity contribution in [1.82, 2.24) is 0 Å². The van der Waals surface area contributed by atoms with Gasteiger partial charge in [-0.25, -0.2) is 4.79 Å². The number of rotatable bonds is 7. The number of aromatic carboxylic acids is 1. The first-order chi connectivity index (χ1) is 8.20. The lowest BCUT2D eigenvalue weighted by Crippen LogP contribution is -2.10. The third kappa shape index (κ3) is 3.61. The fourth-order valence-corrected chi connectivity index (χ4v) is 1.25. The summed E-state index contributed by atoms with van der Waals surface area (Å²) in [4.78, 5) is 11.0. The summed E-state index contributed by atoms with van der Waals surface area (Å²) in [6.07, 6.45) is 0. The van der Waals surface area contributed by atoms with Gasteiger partial charge in [0.1, 0.15) is 18.8 Å². The summed E-state index contributed by atoms with van der Waals surface area (Å²) in [5.74, 6) is -0.859. The lowest BCUT2D eigenvalue weighted by molar-refractivity contribution is 0.0689. The second-order valence-electron chi connectivity index (χ2n) is 3.08. The number of aliphatic hydroxyl groups is 2.